The third-order valence-corrected chi connectivity index (χ3v) is 4.81. The highest BCUT2D eigenvalue weighted by Crippen LogP contribution is 2.11. The van der Waals surface area contributed by atoms with Gasteiger partial charge in [-0.3, -0.25) is 14.4 Å². The Labute approximate surface area is 154 Å². The molecule has 0 unspecified atom stereocenters. The molecule has 0 aliphatic carbocycles. The summed E-state index contributed by atoms with van der Waals surface area (Å²) in [7, 11) is 0. The number of nitrogens with one attached hydrogen (secondary N) is 2. The summed E-state index contributed by atoms with van der Waals surface area (Å²) in [6.45, 7) is 1.69. The number of carbonyl (C=O) groups excluding carboxylic acids is 3. The number of carbonyl (C=O) groups is 3. The van der Waals surface area contributed by atoms with Crippen LogP contribution in [-0.2, 0) is 17.9 Å². The zero-order valence-corrected chi connectivity index (χ0v) is 14.8. The van der Waals surface area contributed by atoms with E-state index in [1.807, 2.05) is 0 Å². The standard InChI is InChI=1S/C17H19N5O3S/c18-7-15-21-13(10-26-15)16(24)20-8-11-1-3-12(4-2-11)17(25)22-6-5-19-14(23)9-22/h1-4,10H,5-9,18H2,(H,19,23)(H,20,24). The van der Waals surface area contributed by atoms with Crippen LogP contribution in [0.3, 0.4) is 0 Å². The second-order valence-corrected chi connectivity index (χ2v) is 6.73. The van der Waals surface area contributed by atoms with Gasteiger partial charge in [0.2, 0.25) is 5.91 Å². The van der Waals surface area contributed by atoms with Crippen molar-refractivity contribution in [2.24, 2.45) is 5.73 Å². The molecule has 9 heteroatoms. The third-order valence-electron chi connectivity index (χ3n) is 3.94. The maximum atomic E-state index is 12.4. The summed E-state index contributed by atoms with van der Waals surface area (Å²) in [5, 5.41) is 7.86. The molecule has 4 N–H and O–H groups in total. The van der Waals surface area contributed by atoms with Crippen LogP contribution >= 0.6 is 11.3 Å². The van der Waals surface area contributed by atoms with Gasteiger partial charge in [-0.2, -0.15) is 0 Å². The molecule has 136 valence electrons. The van der Waals surface area contributed by atoms with Gasteiger partial charge in [0.15, 0.2) is 0 Å². The number of thiazole rings is 1. The monoisotopic (exact) mass is 373 g/mol. The van der Waals surface area contributed by atoms with E-state index in [4.69, 9.17) is 5.73 Å². The average molecular weight is 373 g/mol. The Hall–Kier alpha value is -2.78. The first kappa shape index (κ1) is 18.0. The molecule has 1 aliphatic heterocycles. The quantitative estimate of drug-likeness (QED) is 0.687. The Morgan fingerprint density at radius 2 is 2.08 bits per heavy atom. The van der Waals surface area contributed by atoms with Gasteiger partial charge in [0.25, 0.3) is 11.8 Å². The Balaban J connectivity index is 1.56. The lowest BCUT2D eigenvalue weighted by atomic mass is 10.1. The van der Waals surface area contributed by atoms with E-state index in [-0.39, 0.29) is 24.3 Å². The van der Waals surface area contributed by atoms with Crippen molar-refractivity contribution in [3.05, 3.63) is 51.5 Å². The van der Waals surface area contributed by atoms with E-state index < -0.39 is 0 Å². The summed E-state index contributed by atoms with van der Waals surface area (Å²) in [5.74, 6) is -0.587. The van der Waals surface area contributed by atoms with E-state index >= 15 is 0 Å². The second-order valence-electron chi connectivity index (χ2n) is 5.79. The number of benzene rings is 1. The van der Waals surface area contributed by atoms with Gasteiger partial charge in [-0.1, -0.05) is 12.1 Å². The number of piperazine rings is 1. The maximum Gasteiger partial charge on any atom is 0.271 e. The van der Waals surface area contributed by atoms with Crippen LogP contribution in [-0.4, -0.2) is 47.2 Å². The van der Waals surface area contributed by atoms with Crippen molar-refractivity contribution in [1.29, 1.82) is 0 Å². The van der Waals surface area contributed by atoms with Gasteiger partial charge < -0.3 is 21.3 Å². The normalized spacial score (nSPS) is 14.0. The molecule has 3 rings (SSSR count). The van der Waals surface area contributed by atoms with Crippen molar-refractivity contribution in [1.82, 2.24) is 20.5 Å². The highest BCUT2D eigenvalue weighted by Gasteiger charge is 2.22. The summed E-state index contributed by atoms with van der Waals surface area (Å²) < 4.78 is 0. The second kappa shape index (κ2) is 8.07. The smallest absolute Gasteiger partial charge is 0.271 e. The molecule has 0 atom stereocenters. The zero-order chi connectivity index (χ0) is 18.5. The molecule has 0 radical (unpaired) electrons. The number of aromatic nitrogens is 1. The van der Waals surface area contributed by atoms with E-state index in [0.29, 0.717) is 42.4 Å². The highest BCUT2D eigenvalue weighted by atomic mass is 32.1. The Bertz CT molecular complexity index is 818. The molecular formula is C17H19N5O3S. The molecule has 0 bridgehead atoms. The van der Waals surface area contributed by atoms with Crippen molar-refractivity contribution in [3.63, 3.8) is 0 Å². The van der Waals surface area contributed by atoms with Crippen LogP contribution in [0, 0.1) is 0 Å². The molecule has 1 aromatic carbocycles. The zero-order valence-electron chi connectivity index (χ0n) is 14.0. The fourth-order valence-electron chi connectivity index (χ4n) is 2.54. The molecular weight excluding hydrogens is 354 g/mol. The van der Waals surface area contributed by atoms with Crippen molar-refractivity contribution >= 4 is 29.1 Å². The van der Waals surface area contributed by atoms with Gasteiger partial charge in [0, 0.05) is 37.1 Å². The lowest BCUT2D eigenvalue weighted by Crippen LogP contribution is -2.49. The van der Waals surface area contributed by atoms with Crippen LogP contribution in [0.4, 0.5) is 0 Å². The van der Waals surface area contributed by atoms with E-state index in [9.17, 15) is 14.4 Å². The topological polar surface area (TPSA) is 117 Å². The van der Waals surface area contributed by atoms with Crippen molar-refractivity contribution in [2.75, 3.05) is 19.6 Å². The van der Waals surface area contributed by atoms with Gasteiger partial charge in [-0.25, -0.2) is 4.98 Å². The largest absolute Gasteiger partial charge is 0.353 e. The predicted molar refractivity (Wildman–Crippen MR) is 96.5 cm³/mol. The number of hydrogen-bond acceptors (Lipinski definition) is 6. The van der Waals surface area contributed by atoms with E-state index in [1.54, 1.807) is 29.6 Å². The fourth-order valence-corrected chi connectivity index (χ4v) is 3.20. The summed E-state index contributed by atoms with van der Waals surface area (Å²) >= 11 is 1.35. The van der Waals surface area contributed by atoms with E-state index in [1.165, 1.54) is 16.2 Å². The van der Waals surface area contributed by atoms with Crippen LogP contribution in [0.1, 0.15) is 31.4 Å². The summed E-state index contributed by atoms with van der Waals surface area (Å²) in [6, 6.07) is 6.96. The van der Waals surface area contributed by atoms with Crippen LogP contribution < -0.4 is 16.4 Å². The lowest BCUT2D eigenvalue weighted by molar-refractivity contribution is -0.123. The van der Waals surface area contributed by atoms with Crippen molar-refractivity contribution in [2.45, 2.75) is 13.1 Å². The molecule has 1 saturated heterocycles. The number of nitrogens with zero attached hydrogens (tertiary/aromatic N) is 2. The minimum Gasteiger partial charge on any atom is -0.353 e. The molecule has 2 heterocycles. The molecule has 1 aliphatic rings. The van der Waals surface area contributed by atoms with Gasteiger partial charge in [-0.05, 0) is 17.7 Å². The first-order valence-electron chi connectivity index (χ1n) is 8.14. The third kappa shape index (κ3) is 4.24. The van der Waals surface area contributed by atoms with Crippen molar-refractivity contribution < 1.29 is 14.4 Å². The first-order chi connectivity index (χ1) is 12.6. The maximum absolute atomic E-state index is 12.4. The van der Waals surface area contributed by atoms with Gasteiger partial charge in [-0.15, -0.1) is 11.3 Å². The molecule has 26 heavy (non-hydrogen) atoms. The van der Waals surface area contributed by atoms with Crippen LogP contribution in [0.5, 0.6) is 0 Å². The number of hydrogen-bond donors (Lipinski definition) is 3. The summed E-state index contributed by atoms with van der Waals surface area (Å²) in [4.78, 5) is 41.5. The Kier molecular flexibility index (Phi) is 5.59. The molecule has 3 amide bonds. The van der Waals surface area contributed by atoms with Crippen LogP contribution in [0.25, 0.3) is 0 Å². The molecule has 8 nitrogen and oxygen atoms in total. The molecule has 0 spiro atoms. The Morgan fingerprint density at radius 1 is 1.31 bits per heavy atom. The van der Waals surface area contributed by atoms with E-state index in [0.717, 1.165) is 5.56 Å². The number of amides is 3. The first-order valence-corrected chi connectivity index (χ1v) is 9.02. The minimum atomic E-state index is -0.263. The molecule has 2 aromatic rings. The lowest BCUT2D eigenvalue weighted by Gasteiger charge is -2.26. The summed E-state index contributed by atoms with van der Waals surface area (Å²) in [6.07, 6.45) is 0. The fraction of sp³-hybridized carbons (Fsp3) is 0.294. The van der Waals surface area contributed by atoms with Gasteiger partial charge in [0.1, 0.15) is 10.7 Å². The van der Waals surface area contributed by atoms with Gasteiger partial charge in [0.05, 0.1) is 6.54 Å². The number of nitrogens with two attached hydrogens (primary N) is 1. The van der Waals surface area contributed by atoms with E-state index in [2.05, 4.69) is 15.6 Å². The molecule has 1 fully saturated rings. The van der Waals surface area contributed by atoms with Crippen LogP contribution in [0.2, 0.25) is 0 Å². The molecule has 0 saturated carbocycles. The number of rotatable bonds is 5. The highest BCUT2D eigenvalue weighted by molar-refractivity contribution is 7.09. The SMILES string of the molecule is NCc1nc(C(=O)NCc2ccc(C(=O)N3CCNC(=O)C3)cc2)cs1. The Morgan fingerprint density at radius 3 is 2.73 bits per heavy atom. The minimum absolute atomic E-state index is 0.0784. The van der Waals surface area contributed by atoms with Gasteiger partial charge >= 0.3 is 0 Å². The average Bonchev–Trinajstić information content (AvgIpc) is 3.15. The van der Waals surface area contributed by atoms with Crippen molar-refractivity contribution in [3.8, 4) is 0 Å². The predicted octanol–water partition coefficient (Wildman–Crippen LogP) is 0.104. The summed E-state index contributed by atoms with van der Waals surface area (Å²) in [5.41, 5.74) is 7.22. The molecule has 1 aromatic heterocycles. The van der Waals surface area contributed by atoms with Crippen LogP contribution in [0.15, 0.2) is 29.6 Å².